The van der Waals surface area contributed by atoms with Crippen molar-refractivity contribution in [2.24, 2.45) is 15.6 Å². The summed E-state index contributed by atoms with van der Waals surface area (Å²) < 4.78 is 1.71. The van der Waals surface area contributed by atoms with Crippen LogP contribution in [0.3, 0.4) is 0 Å². The molecule has 2 heterocycles. The first-order valence-corrected chi connectivity index (χ1v) is 4.41. The summed E-state index contributed by atoms with van der Waals surface area (Å²) in [7, 11) is 0. The molecule has 6 heteroatoms. The molecule has 1 aliphatic heterocycles. The summed E-state index contributed by atoms with van der Waals surface area (Å²) in [6, 6.07) is 0. The lowest BCUT2D eigenvalue weighted by atomic mass is 10.3. The summed E-state index contributed by atoms with van der Waals surface area (Å²) >= 11 is 1.52. The lowest BCUT2D eigenvalue weighted by Gasteiger charge is -2.08. The number of rotatable bonds is 1. The van der Waals surface area contributed by atoms with Crippen molar-refractivity contribution in [3.8, 4) is 0 Å². The second kappa shape index (κ2) is 2.41. The molecule has 1 aromatic heterocycles. The van der Waals surface area contributed by atoms with E-state index in [0.717, 1.165) is 5.13 Å². The molecule has 2 rings (SSSR count). The zero-order valence-electron chi connectivity index (χ0n) is 6.80. The van der Waals surface area contributed by atoms with E-state index in [1.807, 2.05) is 19.2 Å². The van der Waals surface area contributed by atoms with Crippen molar-refractivity contribution < 1.29 is 4.70 Å². The normalized spacial score (nSPS) is 19.7. The highest BCUT2D eigenvalue weighted by atomic mass is 32.1. The SMILES string of the molecule is CC1(C)N=NN=[N+]1c1nccs1. The Labute approximate surface area is 73.5 Å². The predicted molar refractivity (Wildman–Crippen MR) is 43.4 cm³/mol. The zero-order valence-corrected chi connectivity index (χ0v) is 7.62. The minimum Gasteiger partial charge on any atom is -0.0991 e. The number of hydrogen-bond donors (Lipinski definition) is 0. The van der Waals surface area contributed by atoms with Gasteiger partial charge >= 0.3 is 5.13 Å². The fraction of sp³-hybridized carbons (Fsp3) is 0.500. The molecule has 1 aromatic rings. The fourth-order valence-corrected chi connectivity index (χ4v) is 1.64. The van der Waals surface area contributed by atoms with E-state index >= 15 is 0 Å². The van der Waals surface area contributed by atoms with Crippen molar-refractivity contribution in [1.82, 2.24) is 4.98 Å². The second-order valence-corrected chi connectivity index (χ2v) is 3.77. The topological polar surface area (TPSA) is 53.0 Å². The largest absolute Gasteiger partial charge is 0.342 e. The molecule has 0 saturated carbocycles. The number of thiazole rings is 1. The maximum Gasteiger partial charge on any atom is 0.342 e. The molecule has 0 radical (unpaired) electrons. The van der Waals surface area contributed by atoms with Gasteiger partial charge in [0.2, 0.25) is 5.66 Å². The second-order valence-electron chi connectivity index (χ2n) is 2.90. The van der Waals surface area contributed by atoms with Gasteiger partial charge in [-0.05, 0) is 19.0 Å². The van der Waals surface area contributed by atoms with Gasteiger partial charge in [-0.1, -0.05) is 21.0 Å². The van der Waals surface area contributed by atoms with Crippen LogP contribution in [0.2, 0.25) is 0 Å². The molecule has 0 fully saturated rings. The Morgan fingerprint density at radius 1 is 1.50 bits per heavy atom. The van der Waals surface area contributed by atoms with E-state index in [0.29, 0.717) is 0 Å². The van der Waals surface area contributed by atoms with Gasteiger partial charge in [0.05, 0.1) is 5.22 Å². The van der Waals surface area contributed by atoms with Crippen LogP contribution >= 0.6 is 11.3 Å². The van der Waals surface area contributed by atoms with Crippen molar-refractivity contribution in [1.29, 1.82) is 0 Å². The van der Waals surface area contributed by atoms with Gasteiger partial charge in [0.1, 0.15) is 11.4 Å². The quantitative estimate of drug-likeness (QED) is 0.615. The Kier molecular flexibility index (Phi) is 1.50. The lowest BCUT2D eigenvalue weighted by Crippen LogP contribution is -2.26. The van der Waals surface area contributed by atoms with E-state index in [9.17, 15) is 0 Å². The molecule has 62 valence electrons. The predicted octanol–water partition coefficient (Wildman–Crippen LogP) is 2.36. The van der Waals surface area contributed by atoms with Gasteiger partial charge in [-0.15, -0.1) is 0 Å². The van der Waals surface area contributed by atoms with E-state index in [-0.39, 0.29) is 0 Å². The van der Waals surface area contributed by atoms with E-state index < -0.39 is 5.66 Å². The highest BCUT2D eigenvalue weighted by Gasteiger charge is 2.36. The Morgan fingerprint density at radius 3 is 2.83 bits per heavy atom. The molecule has 0 saturated heterocycles. The lowest BCUT2D eigenvalue weighted by molar-refractivity contribution is -0.575. The third kappa shape index (κ3) is 1.04. The molecule has 0 spiro atoms. The van der Waals surface area contributed by atoms with Gasteiger partial charge in [0.15, 0.2) is 0 Å². The Balaban J connectivity index is 2.40. The third-order valence-corrected chi connectivity index (χ3v) is 2.28. The molecule has 0 amide bonds. The van der Waals surface area contributed by atoms with Gasteiger partial charge in [-0.25, -0.2) is 0 Å². The van der Waals surface area contributed by atoms with Crippen molar-refractivity contribution in [3.05, 3.63) is 11.6 Å². The number of aromatic nitrogens is 1. The molecular formula is C6H8N5S+. The smallest absolute Gasteiger partial charge is 0.0991 e. The van der Waals surface area contributed by atoms with E-state index in [1.165, 1.54) is 11.3 Å². The average molecular weight is 182 g/mol. The van der Waals surface area contributed by atoms with Gasteiger partial charge in [-0.3, -0.25) is 0 Å². The van der Waals surface area contributed by atoms with Crippen LogP contribution in [0.25, 0.3) is 0 Å². The first-order valence-electron chi connectivity index (χ1n) is 3.53. The standard InChI is InChI=1S/C6H8N5S/c1-6(2)8-9-10-11(6)5-7-3-4-12-5/h3-4H,1-2H3/q+1. The highest BCUT2D eigenvalue weighted by Crippen LogP contribution is 2.28. The molecule has 0 aliphatic carbocycles. The van der Waals surface area contributed by atoms with E-state index in [4.69, 9.17) is 0 Å². The van der Waals surface area contributed by atoms with Crippen molar-refractivity contribution >= 4 is 16.5 Å². The third-order valence-electron chi connectivity index (χ3n) is 1.54. The van der Waals surface area contributed by atoms with Crippen molar-refractivity contribution in [2.45, 2.75) is 19.5 Å². The van der Waals surface area contributed by atoms with Crippen LogP contribution in [-0.4, -0.2) is 15.3 Å². The molecule has 0 aromatic carbocycles. The summed E-state index contributed by atoms with van der Waals surface area (Å²) in [4.78, 5) is 4.12. The van der Waals surface area contributed by atoms with Crippen LogP contribution < -0.4 is 0 Å². The molecule has 5 nitrogen and oxygen atoms in total. The molecule has 0 bridgehead atoms. The van der Waals surface area contributed by atoms with E-state index in [2.05, 4.69) is 20.5 Å². The highest BCUT2D eigenvalue weighted by molar-refractivity contribution is 7.12. The van der Waals surface area contributed by atoms with Crippen LogP contribution in [0.4, 0.5) is 5.13 Å². The maximum atomic E-state index is 4.12. The van der Waals surface area contributed by atoms with Gasteiger partial charge in [0, 0.05) is 5.38 Å². The number of nitrogens with zero attached hydrogens (tertiary/aromatic N) is 5. The van der Waals surface area contributed by atoms with Crippen LogP contribution in [0.15, 0.2) is 27.1 Å². The summed E-state index contributed by atoms with van der Waals surface area (Å²) in [5.41, 5.74) is -0.391. The minimum absolute atomic E-state index is 0.391. The summed E-state index contributed by atoms with van der Waals surface area (Å²) in [6.07, 6.45) is 1.74. The van der Waals surface area contributed by atoms with Gasteiger partial charge in [0.25, 0.3) is 0 Å². The Morgan fingerprint density at radius 2 is 2.33 bits per heavy atom. The monoisotopic (exact) mass is 182 g/mol. The van der Waals surface area contributed by atoms with Crippen LogP contribution in [-0.2, 0) is 0 Å². The van der Waals surface area contributed by atoms with Crippen LogP contribution in [0.5, 0.6) is 0 Å². The Hall–Kier alpha value is -1.17. The molecule has 0 N–H and O–H groups in total. The van der Waals surface area contributed by atoms with Crippen LogP contribution in [0, 0.1) is 0 Å². The van der Waals surface area contributed by atoms with Gasteiger partial charge in [-0.2, -0.15) is 0 Å². The molecule has 1 aliphatic rings. The summed E-state index contributed by atoms with van der Waals surface area (Å²) in [5, 5.41) is 14.2. The fourth-order valence-electron chi connectivity index (χ4n) is 0.914. The van der Waals surface area contributed by atoms with Crippen molar-refractivity contribution in [3.63, 3.8) is 0 Å². The van der Waals surface area contributed by atoms with E-state index in [1.54, 1.807) is 10.9 Å². The minimum atomic E-state index is -0.391. The Bertz CT molecular complexity index is 337. The first kappa shape index (κ1) is 7.48. The number of hydrogen-bond acceptors (Lipinski definition) is 5. The first-order chi connectivity index (χ1) is 5.70. The van der Waals surface area contributed by atoms with Gasteiger partial charge < -0.3 is 0 Å². The summed E-state index contributed by atoms with van der Waals surface area (Å²) in [5.74, 6) is 0. The van der Waals surface area contributed by atoms with Crippen molar-refractivity contribution in [2.75, 3.05) is 0 Å². The summed E-state index contributed by atoms with van der Waals surface area (Å²) in [6.45, 7) is 3.88. The molecule has 0 unspecified atom stereocenters. The molecule has 12 heavy (non-hydrogen) atoms. The molecular weight excluding hydrogens is 174 g/mol. The average Bonchev–Trinajstić information content (AvgIpc) is 2.55. The zero-order chi connectivity index (χ0) is 8.60. The molecule has 0 atom stereocenters. The van der Waals surface area contributed by atoms with Crippen LogP contribution in [0.1, 0.15) is 13.8 Å². The maximum absolute atomic E-state index is 4.12.